The second kappa shape index (κ2) is 13.5. The molecule has 1 aliphatic heterocycles. The highest BCUT2D eigenvalue weighted by Crippen LogP contribution is 2.33. The van der Waals surface area contributed by atoms with Gasteiger partial charge in [0, 0.05) is 41.9 Å². The summed E-state index contributed by atoms with van der Waals surface area (Å²) in [6, 6.07) is 9.15. The van der Waals surface area contributed by atoms with Crippen LogP contribution >= 0.6 is 0 Å². The molecule has 0 amide bonds. The summed E-state index contributed by atoms with van der Waals surface area (Å²) < 4.78 is 18.4. The molecule has 11 nitrogen and oxygen atoms in total. The molecule has 1 fully saturated rings. The highest BCUT2D eigenvalue weighted by molar-refractivity contribution is 5.94. The molecule has 5 N–H and O–H groups in total. The number of nitrogens with one attached hydrogen (secondary N) is 1. The van der Waals surface area contributed by atoms with E-state index in [2.05, 4.69) is 27.1 Å². The van der Waals surface area contributed by atoms with Crippen molar-refractivity contribution in [3.63, 3.8) is 0 Å². The van der Waals surface area contributed by atoms with Crippen LogP contribution in [-0.2, 0) is 17.7 Å². The zero-order valence-corrected chi connectivity index (χ0v) is 25.1. The first-order valence-corrected chi connectivity index (χ1v) is 14.5. The first-order chi connectivity index (χ1) is 21.3. The van der Waals surface area contributed by atoms with Crippen molar-refractivity contribution < 1.29 is 19.0 Å². The molecule has 0 saturated carbocycles. The zero-order chi connectivity index (χ0) is 31.2. The summed E-state index contributed by atoms with van der Waals surface area (Å²) in [4.78, 5) is 34.1. The SMILES string of the molecule is CCOC(=O)c1cn(CC2CCNCC2)c2cc(C#Cc3cc(Cc4cnc(N)nc4N)cc(OC)c3OC)ccc2c1=O. The van der Waals surface area contributed by atoms with Crippen molar-refractivity contribution >= 4 is 28.6 Å². The number of methoxy groups -OCH3 is 2. The lowest BCUT2D eigenvalue weighted by atomic mass is 9.97. The molecule has 1 aliphatic rings. The van der Waals surface area contributed by atoms with Crippen molar-refractivity contribution in [2.24, 2.45) is 5.92 Å². The number of carbonyl (C=O) groups is 1. The zero-order valence-electron chi connectivity index (χ0n) is 25.1. The molecule has 0 aliphatic carbocycles. The first-order valence-electron chi connectivity index (χ1n) is 14.5. The molecule has 1 saturated heterocycles. The highest BCUT2D eigenvalue weighted by Gasteiger charge is 2.20. The second-order valence-corrected chi connectivity index (χ2v) is 10.6. The van der Waals surface area contributed by atoms with Crippen LogP contribution in [0.25, 0.3) is 10.9 Å². The maximum absolute atomic E-state index is 13.3. The maximum atomic E-state index is 13.3. The predicted molar refractivity (Wildman–Crippen MR) is 169 cm³/mol. The van der Waals surface area contributed by atoms with Gasteiger partial charge in [-0.05, 0) is 74.7 Å². The molecular formula is C33H36N6O5. The lowest BCUT2D eigenvalue weighted by molar-refractivity contribution is 0.0524. The van der Waals surface area contributed by atoms with Crippen LogP contribution in [-0.4, -0.2) is 54.4 Å². The number of hydrogen-bond donors (Lipinski definition) is 3. The number of pyridine rings is 1. The number of nitrogens with two attached hydrogens (primary N) is 2. The number of carbonyl (C=O) groups excluding carboxylic acids is 1. The van der Waals surface area contributed by atoms with Gasteiger partial charge in [-0.3, -0.25) is 4.79 Å². The summed E-state index contributed by atoms with van der Waals surface area (Å²) in [6.07, 6.45) is 5.68. The monoisotopic (exact) mass is 596 g/mol. The number of nitrogen functional groups attached to an aromatic ring is 2. The minimum absolute atomic E-state index is 0.0351. The van der Waals surface area contributed by atoms with E-state index in [1.165, 1.54) is 0 Å². The standard InChI is InChI=1S/C33H36N6O5/c1-4-44-32(41)26-19-39(18-21-9-11-36-12-10-21)27-15-20(6-8-25(27)29(26)40)5-7-23-13-22(16-28(42-2)30(23)43-3)14-24-17-37-33(35)38-31(24)34/h6,8,13,15-17,19,21,36H,4,9-12,14,18H2,1-3H3,(H4,34,35,37,38). The van der Waals surface area contributed by atoms with E-state index in [-0.39, 0.29) is 23.5 Å². The number of benzene rings is 2. The van der Waals surface area contributed by atoms with Crippen LogP contribution in [0.3, 0.4) is 0 Å². The second-order valence-electron chi connectivity index (χ2n) is 10.6. The molecule has 0 atom stereocenters. The molecule has 0 bridgehead atoms. The average Bonchev–Trinajstić information content (AvgIpc) is 3.03. The topological polar surface area (TPSA) is 157 Å². The number of hydrogen-bond acceptors (Lipinski definition) is 10. The van der Waals surface area contributed by atoms with Crippen LogP contribution in [0.4, 0.5) is 11.8 Å². The molecule has 0 spiro atoms. The third-order valence-corrected chi connectivity index (χ3v) is 7.68. The molecule has 3 heterocycles. The normalized spacial score (nSPS) is 13.2. The summed E-state index contributed by atoms with van der Waals surface area (Å²) >= 11 is 0. The summed E-state index contributed by atoms with van der Waals surface area (Å²) in [7, 11) is 3.13. The highest BCUT2D eigenvalue weighted by atomic mass is 16.5. The largest absolute Gasteiger partial charge is 0.493 e. The Morgan fingerprint density at radius 3 is 2.61 bits per heavy atom. The van der Waals surface area contributed by atoms with Gasteiger partial charge in [0.2, 0.25) is 11.4 Å². The maximum Gasteiger partial charge on any atom is 0.343 e. The van der Waals surface area contributed by atoms with Crippen molar-refractivity contribution in [2.45, 2.75) is 32.7 Å². The number of ether oxygens (including phenoxy) is 3. The summed E-state index contributed by atoms with van der Waals surface area (Å²) in [5, 5.41) is 3.83. The Kier molecular flexibility index (Phi) is 9.31. The Hall–Kier alpha value is -5.08. The molecule has 11 heteroatoms. The Morgan fingerprint density at radius 1 is 1.11 bits per heavy atom. The molecule has 228 valence electrons. The number of fused-ring (bicyclic) bond motifs is 1. The third-order valence-electron chi connectivity index (χ3n) is 7.68. The Bertz CT molecular complexity index is 1820. The van der Waals surface area contributed by atoms with Gasteiger partial charge in [0.1, 0.15) is 11.4 Å². The quantitative estimate of drug-likeness (QED) is 0.204. The van der Waals surface area contributed by atoms with Gasteiger partial charge in [0.15, 0.2) is 11.5 Å². The number of rotatable bonds is 8. The lowest BCUT2D eigenvalue weighted by Gasteiger charge is -2.25. The van der Waals surface area contributed by atoms with E-state index in [1.807, 2.05) is 22.8 Å². The average molecular weight is 597 g/mol. The lowest BCUT2D eigenvalue weighted by Crippen LogP contribution is -2.30. The van der Waals surface area contributed by atoms with Crippen LogP contribution in [0.5, 0.6) is 11.5 Å². The van der Waals surface area contributed by atoms with Crippen LogP contribution in [0, 0.1) is 17.8 Å². The van der Waals surface area contributed by atoms with Gasteiger partial charge < -0.3 is 35.6 Å². The minimum atomic E-state index is -0.615. The number of nitrogens with zero attached hydrogens (tertiary/aromatic N) is 3. The Balaban J connectivity index is 1.56. The number of anilines is 2. The van der Waals surface area contributed by atoms with Crippen LogP contribution in [0.15, 0.2) is 47.5 Å². The van der Waals surface area contributed by atoms with Crippen molar-refractivity contribution in [1.82, 2.24) is 19.9 Å². The van der Waals surface area contributed by atoms with Gasteiger partial charge in [-0.2, -0.15) is 4.98 Å². The van der Waals surface area contributed by atoms with Crippen molar-refractivity contribution in [2.75, 3.05) is 45.4 Å². The van der Waals surface area contributed by atoms with Gasteiger partial charge in [0.25, 0.3) is 0 Å². The van der Waals surface area contributed by atoms with E-state index in [0.717, 1.165) is 31.5 Å². The van der Waals surface area contributed by atoms with Crippen LogP contribution in [0.1, 0.15) is 52.4 Å². The van der Waals surface area contributed by atoms with Gasteiger partial charge in [0.05, 0.1) is 31.9 Å². The predicted octanol–water partition coefficient (Wildman–Crippen LogP) is 3.14. The summed E-state index contributed by atoms with van der Waals surface area (Å²) in [6.45, 7) is 4.46. The van der Waals surface area contributed by atoms with E-state index in [9.17, 15) is 9.59 Å². The fraction of sp³-hybridized carbons (Fsp3) is 0.333. The van der Waals surface area contributed by atoms with E-state index >= 15 is 0 Å². The van der Waals surface area contributed by atoms with Crippen molar-refractivity contribution in [3.8, 4) is 23.3 Å². The number of piperidine rings is 1. The molecular weight excluding hydrogens is 560 g/mol. The third kappa shape index (κ3) is 6.61. The van der Waals surface area contributed by atoms with Gasteiger partial charge in [-0.25, -0.2) is 9.78 Å². The molecule has 44 heavy (non-hydrogen) atoms. The molecule has 0 unspecified atom stereocenters. The van der Waals surface area contributed by atoms with E-state index in [1.54, 1.807) is 45.7 Å². The van der Waals surface area contributed by atoms with Crippen molar-refractivity contribution in [3.05, 3.63) is 80.8 Å². The van der Waals surface area contributed by atoms with Crippen molar-refractivity contribution in [1.29, 1.82) is 0 Å². The van der Waals surface area contributed by atoms with Crippen LogP contribution < -0.4 is 31.7 Å². The summed E-state index contributed by atoms with van der Waals surface area (Å²) in [5.41, 5.74) is 15.0. The molecule has 5 rings (SSSR count). The first kappa shape index (κ1) is 30.4. The fourth-order valence-corrected chi connectivity index (χ4v) is 5.46. The van der Waals surface area contributed by atoms with E-state index in [0.29, 0.717) is 63.8 Å². The summed E-state index contributed by atoms with van der Waals surface area (Å²) in [5.74, 6) is 7.67. The fourth-order valence-electron chi connectivity index (χ4n) is 5.46. The van der Waals surface area contributed by atoms with Gasteiger partial charge in [-0.1, -0.05) is 11.8 Å². The van der Waals surface area contributed by atoms with Gasteiger partial charge >= 0.3 is 5.97 Å². The van der Waals surface area contributed by atoms with E-state index in [4.69, 9.17) is 25.7 Å². The molecule has 4 aromatic rings. The molecule has 0 radical (unpaired) electrons. The van der Waals surface area contributed by atoms with E-state index < -0.39 is 5.97 Å². The number of esters is 1. The van der Waals surface area contributed by atoms with Crippen LogP contribution in [0.2, 0.25) is 0 Å². The smallest absolute Gasteiger partial charge is 0.343 e. The minimum Gasteiger partial charge on any atom is -0.493 e. The van der Waals surface area contributed by atoms with Gasteiger partial charge in [-0.15, -0.1) is 0 Å². The Labute approximate surface area is 255 Å². The Morgan fingerprint density at radius 2 is 1.91 bits per heavy atom. The number of aromatic nitrogens is 3. The molecule has 2 aromatic carbocycles. The molecule has 2 aromatic heterocycles.